The minimum Gasteiger partial charge on any atom is -0.493 e. The number of amides is 1. The normalized spacial score (nSPS) is 15.1. The standard InChI is InChI=1S/C20H24N2O6S/c1-20(2)14-11-13(7-8-15(14)22(3)19(20)23)29(24,25)21-12-9-16(26-4)18(28-6)17(10-12)27-5/h7-11,21H,1-6H3. The van der Waals surface area contributed by atoms with Crippen LogP contribution in [0.3, 0.4) is 0 Å². The Labute approximate surface area is 170 Å². The summed E-state index contributed by atoms with van der Waals surface area (Å²) in [6.07, 6.45) is 0. The van der Waals surface area contributed by atoms with Crippen LogP contribution in [0.4, 0.5) is 11.4 Å². The van der Waals surface area contributed by atoms with Crippen molar-refractivity contribution in [1.29, 1.82) is 0 Å². The second-order valence-corrected chi connectivity index (χ2v) is 8.87. The van der Waals surface area contributed by atoms with Gasteiger partial charge in [0.1, 0.15) is 0 Å². The molecule has 1 N–H and O–H groups in total. The van der Waals surface area contributed by atoms with Gasteiger partial charge in [-0.1, -0.05) is 0 Å². The fourth-order valence-corrected chi connectivity index (χ4v) is 4.54. The zero-order valence-electron chi connectivity index (χ0n) is 17.2. The lowest BCUT2D eigenvalue weighted by atomic mass is 9.86. The van der Waals surface area contributed by atoms with E-state index in [1.165, 1.54) is 45.6 Å². The maximum Gasteiger partial charge on any atom is 0.261 e. The van der Waals surface area contributed by atoms with Crippen molar-refractivity contribution in [2.24, 2.45) is 0 Å². The average molecular weight is 420 g/mol. The summed E-state index contributed by atoms with van der Waals surface area (Å²) in [6, 6.07) is 7.67. The molecular formula is C20H24N2O6S. The number of sulfonamides is 1. The molecule has 0 unspecified atom stereocenters. The molecule has 1 aliphatic heterocycles. The Morgan fingerprint density at radius 1 is 0.966 bits per heavy atom. The number of anilines is 2. The largest absolute Gasteiger partial charge is 0.493 e. The van der Waals surface area contributed by atoms with Crippen LogP contribution in [0.5, 0.6) is 17.2 Å². The number of nitrogens with zero attached hydrogens (tertiary/aromatic N) is 1. The molecule has 0 radical (unpaired) electrons. The van der Waals surface area contributed by atoms with Crippen LogP contribution in [0, 0.1) is 0 Å². The topological polar surface area (TPSA) is 94.2 Å². The second kappa shape index (κ2) is 7.14. The maximum absolute atomic E-state index is 13.0. The van der Waals surface area contributed by atoms with Crippen molar-refractivity contribution >= 4 is 27.3 Å². The molecule has 1 amide bonds. The Balaban J connectivity index is 2.02. The highest BCUT2D eigenvalue weighted by atomic mass is 32.2. The van der Waals surface area contributed by atoms with Crippen molar-refractivity contribution in [3.63, 3.8) is 0 Å². The highest BCUT2D eigenvalue weighted by Gasteiger charge is 2.42. The third-order valence-corrected chi connectivity index (χ3v) is 6.45. The lowest BCUT2D eigenvalue weighted by Gasteiger charge is -2.17. The molecule has 8 nitrogen and oxygen atoms in total. The molecule has 2 aromatic carbocycles. The summed E-state index contributed by atoms with van der Waals surface area (Å²) in [7, 11) is 2.12. The van der Waals surface area contributed by atoms with Crippen LogP contribution in [0.1, 0.15) is 19.4 Å². The molecule has 3 rings (SSSR count). The minimum atomic E-state index is -3.92. The number of likely N-dealkylation sites (N-methyl/N-ethyl adjacent to an activating group) is 1. The van der Waals surface area contributed by atoms with Gasteiger partial charge in [-0.2, -0.15) is 0 Å². The SMILES string of the molecule is COc1cc(NS(=O)(=O)c2ccc3c(c2)C(C)(C)C(=O)N3C)cc(OC)c1OC. The molecule has 9 heteroatoms. The van der Waals surface area contributed by atoms with Crippen LogP contribution in [-0.2, 0) is 20.2 Å². The zero-order chi connectivity index (χ0) is 21.6. The first kappa shape index (κ1) is 20.8. The Bertz CT molecular complexity index is 1050. The van der Waals surface area contributed by atoms with E-state index in [2.05, 4.69) is 4.72 Å². The van der Waals surface area contributed by atoms with Crippen LogP contribution in [0.15, 0.2) is 35.2 Å². The molecule has 1 aliphatic rings. The molecule has 156 valence electrons. The Morgan fingerprint density at radius 3 is 2.07 bits per heavy atom. The lowest BCUT2D eigenvalue weighted by molar-refractivity contribution is -0.121. The number of hydrogen-bond donors (Lipinski definition) is 1. The van der Waals surface area contributed by atoms with Gasteiger partial charge in [-0.15, -0.1) is 0 Å². The quantitative estimate of drug-likeness (QED) is 0.772. The number of methoxy groups -OCH3 is 3. The van der Waals surface area contributed by atoms with Crippen LogP contribution in [0.2, 0.25) is 0 Å². The number of benzene rings is 2. The molecule has 0 saturated carbocycles. The van der Waals surface area contributed by atoms with Crippen molar-refractivity contribution in [3.8, 4) is 17.2 Å². The van der Waals surface area contributed by atoms with Crippen LogP contribution in [-0.4, -0.2) is 42.7 Å². The van der Waals surface area contributed by atoms with Gasteiger partial charge in [0.05, 0.1) is 37.3 Å². The van der Waals surface area contributed by atoms with E-state index in [-0.39, 0.29) is 16.5 Å². The monoisotopic (exact) mass is 420 g/mol. The van der Waals surface area contributed by atoms with E-state index < -0.39 is 15.4 Å². The van der Waals surface area contributed by atoms with Gasteiger partial charge in [0, 0.05) is 24.9 Å². The van der Waals surface area contributed by atoms with Crippen molar-refractivity contribution in [3.05, 3.63) is 35.9 Å². The van der Waals surface area contributed by atoms with E-state index in [1.807, 2.05) is 0 Å². The van der Waals surface area contributed by atoms with E-state index in [4.69, 9.17) is 14.2 Å². The van der Waals surface area contributed by atoms with E-state index in [0.717, 1.165) is 0 Å². The first-order chi connectivity index (χ1) is 13.6. The summed E-state index contributed by atoms with van der Waals surface area (Å²) < 4.78 is 44.3. The fraction of sp³-hybridized carbons (Fsp3) is 0.350. The predicted molar refractivity (Wildman–Crippen MR) is 110 cm³/mol. The Hall–Kier alpha value is -2.94. The van der Waals surface area contributed by atoms with Crippen molar-refractivity contribution in [2.75, 3.05) is 38.0 Å². The third-order valence-electron chi connectivity index (χ3n) is 5.07. The summed E-state index contributed by atoms with van der Waals surface area (Å²) in [5, 5.41) is 0. The number of ether oxygens (including phenoxy) is 3. The smallest absolute Gasteiger partial charge is 0.261 e. The van der Waals surface area contributed by atoms with Crippen molar-refractivity contribution in [1.82, 2.24) is 0 Å². The van der Waals surface area contributed by atoms with Gasteiger partial charge in [-0.25, -0.2) is 8.42 Å². The number of hydrogen-bond acceptors (Lipinski definition) is 6. The molecule has 29 heavy (non-hydrogen) atoms. The lowest BCUT2D eigenvalue weighted by Crippen LogP contribution is -2.33. The molecule has 0 aromatic heterocycles. The number of rotatable bonds is 6. The van der Waals surface area contributed by atoms with Crippen LogP contribution < -0.4 is 23.8 Å². The summed E-state index contributed by atoms with van der Waals surface area (Å²) in [6.45, 7) is 3.56. The number of nitrogens with one attached hydrogen (secondary N) is 1. The van der Waals surface area contributed by atoms with E-state index in [1.54, 1.807) is 31.9 Å². The number of fused-ring (bicyclic) bond motifs is 1. The molecule has 0 fully saturated rings. The van der Waals surface area contributed by atoms with Crippen molar-refractivity contribution < 1.29 is 27.4 Å². The first-order valence-electron chi connectivity index (χ1n) is 8.82. The first-order valence-corrected chi connectivity index (χ1v) is 10.3. The zero-order valence-corrected chi connectivity index (χ0v) is 18.0. The molecule has 0 aliphatic carbocycles. The van der Waals surface area contributed by atoms with Gasteiger partial charge in [0.15, 0.2) is 11.5 Å². The Morgan fingerprint density at radius 2 is 1.55 bits per heavy atom. The van der Waals surface area contributed by atoms with Gasteiger partial charge in [0.25, 0.3) is 10.0 Å². The maximum atomic E-state index is 13.0. The number of carbonyl (C=O) groups excluding carboxylic acids is 1. The summed E-state index contributed by atoms with van der Waals surface area (Å²) in [5.41, 5.74) is 0.819. The summed E-state index contributed by atoms with van der Waals surface area (Å²) >= 11 is 0. The van der Waals surface area contributed by atoms with E-state index in [9.17, 15) is 13.2 Å². The molecule has 0 saturated heterocycles. The third kappa shape index (κ3) is 3.35. The van der Waals surface area contributed by atoms with Gasteiger partial charge in [0.2, 0.25) is 11.7 Å². The van der Waals surface area contributed by atoms with Crippen molar-refractivity contribution in [2.45, 2.75) is 24.2 Å². The predicted octanol–water partition coefficient (Wildman–Crippen LogP) is 2.77. The molecular weight excluding hydrogens is 396 g/mol. The summed E-state index contributed by atoms with van der Waals surface area (Å²) in [5.74, 6) is 0.928. The molecule has 0 spiro atoms. The molecule has 0 bridgehead atoms. The second-order valence-electron chi connectivity index (χ2n) is 7.19. The summed E-state index contributed by atoms with van der Waals surface area (Å²) in [4.78, 5) is 14.1. The van der Waals surface area contributed by atoms with Crippen LogP contribution >= 0.6 is 0 Å². The van der Waals surface area contributed by atoms with Crippen LogP contribution in [0.25, 0.3) is 0 Å². The Kier molecular flexibility index (Phi) is 5.12. The van der Waals surface area contributed by atoms with E-state index >= 15 is 0 Å². The number of carbonyl (C=O) groups is 1. The molecule has 1 heterocycles. The average Bonchev–Trinajstić information content (AvgIpc) is 2.87. The molecule has 2 aromatic rings. The van der Waals surface area contributed by atoms with Gasteiger partial charge in [-0.05, 0) is 37.6 Å². The highest BCUT2D eigenvalue weighted by Crippen LogP contribution is 2.43. The fourth-order valence-electron chi connectivity index (χ4n) is 3.47. The van der Waals surface area contributed by atoms with Gasteiger partial charge in [-0.3, -0.25) is 9.52 Å². The minimum absolute atomic E-state index is 0.0566. The highest BCUT2D eigenvalue weighted by molar-refractivity contribution is 7.92. The van der Waals surface area contributed by atoms with E-state index in [0.29, 0.717) is 28.5 Å². The van der Waals surface area contributed by atoms with Gasteiger partial charge < -0.3 is 19.1 Å². The van der Waals surface area contributed by atoms with Gasteiger partial charge >= 0.3 is 0 Å². The molecule has 0 atom stereocenters.